The highest BCUT2D eigenvalue weighted by Gasteiger charge is 2.38. The van der Waals surface area contributed by atoms with Crippen LogP contribution in [0.1, 0.15) is 39.8 Å². The van der Waals surface area contributed by atoms with Gasteiger partial charge in [-0.15, -0.1) is 11.3 Å². The number of ether oxygens (including phenoxy) is 3. The zero-order chi connectivity index (χ0) is 23.4. The highest BCUT2D eigenvalue weighted by Crippen LogP contribution is 2.45. The summed E-state index contributed by atoms with van der Waals surface area (Å²) in [5.74, 6) is 0.867. The monoisotopic (exact) mass is 467 g/mol. The molecule has 1 aliphatic rings. The molecule has 1 fully saturated rings. The van der Waals surface area contributed by atoms with Gasteiger partial charge < -0.3 is 19.3 Å². The third-order valence-corrected chi connectivity index (χ3v) is 7.02. The number of carboxylic acid groups (broad SMARTS) is 1. The topological polar surface area (TPSA) is 68.2 Å². The molecule has 0 spiro atoms. The first-order chi connectivity index (χ1) is 16.0. The van der Waals surface area contributed by atoms with E-state index in [-0.39, 0.29) is 6.04 Å². The Morgan fingerprint density at radius 3 is 2.39 bits per heavy atom. The third-order valence-electron chi connectivity index (χ3n) is 5.97. The van der Waals surface area contributed by atoms with Crippen molar-refractivity contribution in [2.75, 3.05) is 20.8 Å². The van der Waals surface area contributed by atoms with E-state index in [4.69, 9.17) is 14.2 Å². The van der Waals surface area contributed by atoms with Gasteiger partial charge in [-0.1, -0.05) is 30.3 Å². The Kier molecular flexibility index (Phi) is 7.20. The number of likely N-dealkylation sites (tertiary alicyclic amines) is 1. The molecule has 7 heteroatoms. The van der Waals surface area contributed by atoms with Gasteiger partial charge in [-0.25, -0.2) is 0 Å². The van der Waals surface area contributed by atoms with Crippen molar-refractivity contribution in [3.05, 3.63) is 75.5 Å². The van der Waals surface area contributed by atoms with E-state index in [1.165, 1.54) is 4.88 Å². The number of rotatable bonds is 9. The van der Waals surface area contributed by atoms with Crippen LogP contribution in [-0.4, -0.2) is 42.8 Å². The maximum atomic E-state index is 12.0. The largest absolute Gasteiger partial charge is 0.493 e. The van der Waals surface area contributed by atoms with Gasteiger partial charge in [0.25, 0.3) is 0 Å². The summed E-state index contributed by atoms with van der Waals surface area (Å²) in [6, 6.07) is 17.2. The Bertz CT molecular complexity index is 1070. The van der Waals surface area contributed by atoms with Crippen molar-refractivity contribution in [2.24, 2.45) is 0 Å². The van der Waals surface area contributed by atoms with E-state index in [9.17, 15) is 9.90 Å². The minimum absolute atomic E-state index is 0.210. The SMILES string of the molecule is COc1cc(C(c2ccc(C)s2)N2CCCC2C(=O)O)cc(OC)c1OCc1ccccc1. The minimum atomic E-state index is -0.785. The zero-order valence-corrected chi connectivity index (χ0v) is 19.9. The quantitative estimate of drug-likeness (QED) is 0.461. The first-order valence-electron chi connectivity index (χ1n) is 11.0. The number of hydrogen-bond donors (Lipinski definition) is 1. The number of thiophene rings is 1. The van der Waals surface area contributed by atoms with Crippen LogP contribution >= 0.6 is 11.3 Å². The smallest absolute Gasteiger partial charge is 0.320 e. The zero-order valence-electron chi connectivity index (χ0n) is 19.1. The highest BCUT2D eigenvalue weighted by molar-refractivity contribution is 7.12. The second-order valence-corrected chi connectivity index (χ2v) is 9.43. The Morgan fingerprint density at radius 2 is 1.82 bits per heavy atom. The van der Waals surface area contributed by atoms with Crippen molar-refractivity contribution in [1.29, 1.82) is 0 Å². The second kappa shape index (κ2) is 10.3. The van der Waals surface area contributed by atoms with Gasteiger partial charge in [-0.2, -0.15) is 0 Å². The van der Waals surface area contributed by atoms with E-state index in [1.807, 2.05) is 42.5 Å². The first kappa shape index (κ1) is 23.1. The van der Waals surface area contributed by atoms with E-state index in [0.29, 0.717) is 30.3 Å². The summed E-state index contributed by atoms with van der Waals surface area (Å²) in [5, 5.41) is 9.85. The van der Waals surface area contributed by atoms with E-state index in [1.54, 1.807) is 25.6 Å². The van der Waals surface area contributed by atoms with E-state index in [2.05, 4.69) is 24.0 Å². The van der Waals surface area contributed by atoms with Gasteiger partial charge in [-0.3, -0.25) is 9.69 Å². The predicted octanol–water partition coefficient (Wildman–Crippen LogP) is 5.29. The molecule has 4 rings (SSSR count). The van der Waals surface area contributed by atoms with Gasteiger partial charge in [0.2, 0.25) is 5.75 Å². The Morgan fingerprint density at radius 1 is 1.12 bits per heavy atom. The fraction of sp³-hybridized carbons (Fsp3) is 0.346. The number of carbonyl (C=O) groups is 1. The van der Waals surface area contributed by atoms with Crippen LogP contribution in [0.2, 0.25) is 0 Å². The maximum absolute atomic E-state index is 12.0. The van der Waals surface area contributed by atoms with Crippen LogP contribution < -0.4 is 14.2 Å². The summed E-state index contributed by atoms with van der Waals surface area (Å²) in [5.41, 5.74) is 1.96. The van der Waals surface area contributed by atoms with Gasteiger partial charge in [-0.05, 0) is 55.2 Å². The molecule has 0 radical (unpaired) electrons. The van der Waals surface area contributed by atoms with Gasteiger partial charge in [0.05, 0.1) is 20.3 Å². The Balaban J connectivity index is 1.74. The van der Waals surface area contributed by atoms with Gasteiger partial charge in [0, 0.05) is 16.3 Å². The van der Waals surface area contributed by atoms with Crippen LogP contribution in [0.3, 0.4) is 0 Å². The number of aliphatic carboxylic acids is 1. The molecule has 1 aliphatic heterocycles. The molecule has 3 aromatic rings. The molecule has 0 amide bonds. The number of carboxylic acids is 1. The average molecular weight is 468 g/mol. The van der Waals surface area contributed by atoms with Crippen molar-refractivity contribution < 1.29 is 24.1 Å². The Labute approximate surface area is 198 Å². The molecular formula is C26H29NO5S. The van der Waals surface area contributed by atoms with Crippen molar-refractivity contribution in [3.8, 4) is 17.2 Å². The van der Waals surface area contributed by atoms with Gasteiger partial charge in [0.1, 0.15) is 12.6 Å². The first-order valence-corrected chi connectivity index (χ1v) is 11.8. The van der Waals surface area contributed by atoms with Crippen LogP contribution in [-0.2, 0) is 11.4 Å². The van der Waals surface area contributed by atoms with E-state index in [0.717, 1.165) is 29.0 Å². The van der Waals surface area contributed by atoms with Crippen molar-refractivity contribution in [1.82, 2.24) is 4.90 Å². The molecule has 2 atom stereocenters. The van der Waals surface area contributed by atoms with Gasteiger partial charge in [0.15, 0.2) is 11.5 Å². The number of methoxy groups -OCH3 is 2. The molecule has 2 aromatic carbocycles. The molecule has 0 saturated carbocycles. The molecule has 1 aromatic heterocycles. The normalized spacial score (nSPS) is 17.0. The van der Waals surface area contributed by atoms with Crippen LogP contribution in [0, 0.1) is 6.92 Å². The molecule has 0 aliphatic carbocycles. The highest BCUT2D eigenvalue weighted by atomic mass is 32.1. The van der Waals surface area contributed by atoms with Crippen LogP contribution in [0.4, 0.5) is 0 Å². The van der Waals surface area contributed by atoms with Crippen LogP contribution in [0.25, 0.3) is 0 Å². The molecule has 33 heavy (non-hydrogen) atoms. The predicted molar refractivity (Wildman–Crippen MR) is 129 cm³/mol. The molecule has 1 saturated heterocycles. The summed E-state index contributed by atoms with van der Waals surface area (Å²) in [6.45, 7) is 3.16. The summed E-state index contributed by atoms with van der Waals surface area (Å²) >= 11 is 1.68. The second-order valence-electron chi connectivity index (χ2n) is 8.11. The number of aryl methyl sites for hydroxylation is 1. The average Bonchev–Trinajstić information content (AvgIpc) is 3.48. The number of nitrogens with zero attached hydrogens (tertiary/aromatic N) is 1. The fourth-order valence-corrected chi connectivity index (χ4v) is 5.44. The van der Waals surface area contributed by atoms with Crippen molar-refractivity contribution >= 4 is 17.3 Å². The summed E-state index contributed by atoms with van der Waals surface area (Å²) < 4.78 is 17.5. The van der Waals surface area contributed by atoms with Crippen LogP contribution in [0.15, 0.2) is 54.6 Å². The van der Waals surface area contributed by atoms with Crippen molar-refractivity contribution in [2.45, 2.75) is 38.5 Å². The van der Waals surface area contributed by atoms with Crippen molar-refractivity contribution in [3.63, 3.8) is 0 Å². The lowest BCUT2D eigenvalue weighted by atomic mass is 10.0. The minimum Gasteiger partial charge on any atom is -0.493 e. The molecule has 174 valence electrons. The molecule has 6 nitrogen and oxygen atoms in total. The molecule has 2 unspecified atom stereocenters. The standard InChI is InChI=1S/C26H29NO5S/c1-17-11-12-23(33-17)24(27-13-7-10-20(27)26(28)29)19-14-21(30-2)25(22(15-19)31-3)32-16-18-8-5-4-6-9-18/h4-6,8-9,11-12,14-15,20,24H,7,10,13,16H2,1-3H3,(H,28,29). The molecule has 0 bridgehead atoms. The maximum Gasteiger partial charge on any atom is 0.320 e. The molecule has 2 heterocycles. The fourth-order valence-electron chi connectivity index (χ4n) is 4.41. The lowest BCUT2D eigenvalue weighted by Gasteiger charge is -2.31. The number of benzene rings is 2. The molecule has 1 N–H and O–H groups in total. The Hall–Kier alpha value is -3.03. The lowest BCUT2D eigenvalue weighted by molar-refractivity contribution is -0.142. The third kappa shape index (κ3) is 4.99. The van der Waals surface area contributed by atoms with E-state index < -0.39 is 12.0 Å². The van der Waals surface area contributed by atoms with Gasteiger partial charge >= 0.3 is 5.97 Å². The number of hydrogen-bond acceptors (Lipinski definition) is 6. The summed E-state index contributed by atoms with van der Waals surface area (Å²) in [4.78, 5) is 16.4. The van der Waals surface area contributed by atoms with Crippen LogP contribution in [0.5, 0.6) is 17.2 Å². The summed E-state index contributed by atoms with van der Waals surface area (Å²) in [7, 11) is 3.21. The molecular weight excluding hydrogens is 438 g/mol. The lowest BCUT2D eigenvalue weighted by Crippen LogP contribution is -2.39. The van der Waals surface area contributed by atoms with E-state index >= 15 is 0 Å². The summed E-state index contributed by atoms with van der Waals surface area (Å²) in [6.07, 6.45) is 1.49.